The van der Waals surface area contributed by atoms with Gasteiger partial charge in [0.15, 0.2) is 5.96 Å². The number of likely N-dealkylation sites (tertiary alicyclic amines) is 1. The highest BCUT2D eigenvalue weighted by atomic mass is 35.5. The van der Waals surface area contributed by atoms with E-state index in [1.54, 1.807) is 7.05 Å². The van der Waals surface area contributed by atoms with Crippen LogP contribution in [0.3, 0.4) is 0 Å². The number of amides is 1. The van der Waals surface area contributed by atoms with Crippen LogP contribution in [-0.2, 0) is 11.3 Å². The lowest BCUT2D eigenvalue weighted by Crippen LogP contribution is -2.44. The van der Waals surface area contributed by atoms with E-state index in [1.165, 1.54) is 0 Å². The van der Waals surface area contributed by atoms with Crippen LogP contribution in [0, 0.1) is 0 Å². The van der Waals surface area contributed by atoms with Gasteiger partial charge in [-0.05, 0) is 51.5 Å². The van der Waals surface area contributed by atoms with Gasteiger partial charge in [-0.15, -0.1) is 0 Å². The third-order valence-electron chi connectivity index (χ3n) is 4.60. The van der Waals surface area contributed by atoms with Crippen LogP contribution in [0.25, 0.3) is 5.69 Å². The quantitative estimate of drug-likeness (QED) is 0.572. The summed E-state index contributed by atoms with van der Waals surface area (Å²) in [6.07, 6.45) is 4.26. The van der Waals surface area contributed by atoms with Crippen LogP contribution >= 0.6 is 11.6 Å². The summed E-state index contributed by atoms with van der Waals surface area (Å²) < 4.78 is 7.15. The number of hydrogen-bond acceptors (Lipinski definition) is 4. The van der Waals surface area contributed by atoms with Crippen molar-refractivity contribution in [1.29, 1.82) is 0 Å². The molecule has 1 fully saturated rings. The Labute approximate surface area is 182 Å². The van der Waals surface area contributed by atoms with E-state index in [4.69, 9.17) is 16.3 Å². The molecule has 1 aromatic heterocycles. The van der Waals surface area contributed by atoms with Crippen LogP contribution in [0.2, 0.25) is 5.02 Å². The molecule has 0 aliphatic carbocycles. The highest BCUT2D eigenvalue weighted by Gasteiger charge is 2.27. The summed E-state index contributed by atoms with van der Waals surface area (Å²) >= 11 is 5.95. The molecule has 2 N–H and O–H groups in total. The summed E-state index contributed by atoms with van der Waals surface area (Å²) in [5, 5.41) is 11.4. The normalized spacial score (nSPS) is 17.2. The smallest absolute Gasteiger partial charge is 0.407 e. The minimum atomic E-state index is -0.504. The van der Waals surface area contributed by atoms with Crippen molar-refractivity contribution in [3.8, 4) is 5.69 Å². The summed E-state index contributed by atoms with van der Waals surface area (Å²) in [6.45, 7) is 7.66. The molecule has 1 saturated heterocycles. The zero-order valence-electron chi connectivity index (χ0n) is 17.9. The van der Waals surface area contributed by atoms with Crippen LogP contribution in [-0.4, -0.2) is 58.5 Å². The van der Waals surface area contributed by atoms with E-state index in [0.717, 1.165) is 30.2 Å². The van der Waals surface area contributed by atoms with Crippen molar-refractivity contribution in [3.05, 3.63) is 47.2 Å². The van der Waals surface area contributed by atoms with Crippen LogP contribution in [0.1, 0.15) is 32.8 Å². The van der Waals surface area contributed by atoms with Gasteiger partial charge in [-0.1, -0.05) is 11.6 Å². The van der Waals surface area contributed by atoms with E-state index in [1.807, 2.05) is 62.1 Å². The summed E-state index contributed by atoms with van der Waals surface area (Å²) in [6, 6.07) is 7.56. The first-order chi connectivity index (χ1) is 14.2. The lowest BCUT2D eigenvalue weighted by Gasteiger charge is -2.23. The van der Waals surface area contributed by atoms with E-state index in [2.05, 4.69) is 25.6 Å². The Balaban J connectivity index is 1.51. The first kappa shape index (κ1) is 22.0. The number of ether oxygens (including phenoxy) is 1. The average Bonchev–Trinajstić information content (AvgIpc) is 3.31. The van der Waals surface area contributed by atoms with Crippen molar-refractivity contribution >= 4 is 23.7 Å². The Morgan fingerprint density at radius 1 is 1.33 bits per heavy atom. The molecule has 3 rings (SSSR count). The molecule has 1 aliphatic heterocycles. The van der Waals surface area contributed by atoms with Crippen molar-refractivity contribution in [3.63, 3.8) is 0 Å². The first-order valence-corrected chi connectivity index (χ1v) is 10.4. The molecule has 0 bridgehead atoms. The number of nitrogens with one attached hydrogen (secondary N) is 2. The number of aliphatic imine (C=N–C) groups is 1. The lowest BCUT2D eigenvalue weighted by atomic mass is 10.2. The molecular weight excluding hydrogens is 404 g/mol. The number of benzene rings is 1. The van der Waals surface area contributed by atoms with Gasteiger partial charge in [-0.25, -0.2) is 9.48 Å². The van der Waals surface area contributed by atoms with E-state index >= 15 is 0 Å². The SMILES string of the molecule is CN=C(NCc1cnn(-c2ccc(Cl)cc2)c1)N1CCC(NC(=O)OC(C)(C)C)C1. The monoisotopic (exact) mass is 432 g/mol. The second-order valence-electron chi connectivity index (χ2n) is 8.25. The minimum Gasteiger partial charge on any atom is -0.444 e. The standard InChI is InChI=1S/C21H29ClN6O2/c1-21(2,3)30-20(29)26-17-9-10-27(14-17)19(23-4)24-11-15-12-25-28(13-15)18-7-5-16(22)6-8-18/h5-8,12-13,17H,9-11,14H2,1-4H3,(H,23,24)(H,26,29). The number of carbonyl (C=O) groups excluding carboxylic acids is 1. The predicted molar refractivity (Wildman–Crippen MR) is 118 cm³/mol. The Morgan fingerprint density at radius 3 is 2.73 bits per heavy atom. The Kier molecular flexibility index (Phi) is 6.87. The summed E-state index contributed by atoms with van der Waals surface area (Å²) in [4.78, 5) is 18.5. The number of alkyl carbamates (subject to hydrolysis) is 1. The molecular formula is C21H29ClN6O2. The van der Waals surface area contributed by atoms with Crippen molar-refractivity contribution < 1.29 is 9.53 Å². The maximum Gasteiger partial charge on any atom is 0.407 e. The molecule has 1 atom stereocenters. The third kappa shape index (κ3) is 6.13. The van der Waals surface area contributed by atoms with Gasteiger partial charge in [0.05, 0.1) is 17.9 Å². The number of carbonyl (C=O) groups is 1. The maximum atomic E-state index is 12.0. The topological polar surface area (TPSA) is 83.8 Å². The number of hydrogen-bond donors (Lipinski definition) is 2. The molecule has 0 radical (unpaired) electrons. The molecule has 9 heteroatoms. The molecule has 0 saturated carbocycles. The highest BCUT2D eigenvalue weighted by Crippen LogP contribution is 2.14. The summed E-state index contributed by atoms with van der Waals surface area (Å²) in [7, 11) is 1.76. The highest BCUT2D eigenvalue weighted by molar-refractivity contribution is 6.30. The van der Waals surface area contributed by atoms with E-state index < -0.39 is 5.60 Å². The van der Waals surface area contributed by atoms with Gasteiger partial charge in [0.25, 0.3) is 0 Å². The summed E-state index contributed by atoms with van der Waals surface area (Å²) in [5.41, 5.74) is 1.48. The largest absolute Gasteiger partial charge is 0.444 e. The van der Waals surface area contributed by atoms with E-state index in [0.29, 0.717) is 18.1 Å². The van der Waals surface area contributed by atoms with Gasteiger partial charge < -0.3 is 20.3 Å². The molecule has 2 heterocycles. The fourth-order valence-corrected chi connectivity index (χ4v) is 3.37. The first-order valence-electron chi connectivity index (χ1n) is 9.98. The zero-order valence-corrected chi connectivity index (χ0v) is 18.6. The second kappa shape index (κ2) is 9.38. The fourth-order valence-electron chi connectivity index (χ4n) is 3.24. The van der Waals surface area contributed by atoms with Gasteiger partial charge in [-0.3, -0.25) is 4.99 Å². The van der Waals surface area contributed by atoms with Crippen LogP contribution in [0.5, 0.6) is 0 Å². The molecule has 1 amide bonds. The zero-order chi connectivity index (χ0) is 21.7. The maximum absolute atomic E-state index is 12.0. The average molecular weight is 433 g/mol. The fraction of sp³-hybridized carbons (Fsp3) is 0.476. The lowest BCUT2D eigenvalue weighted by molar-refractivity contribution is 0.0507. The molecule has 1 unspecified atom stereocenters. The van der Waals surface area contributed by atoms with Crippen molar-refractivity contribution in [1.82, 2.24) is 25.3 Å². The minimum absolute atomic E-state index is 0.0334. The molecule has 2 aromatic rings. The van der Waals surface area contributed by atoms with Gasteiger partial charge in [0.2, 0.25) is 0 Å². The van der Waals surface area contributed by atoms with Gasteiger partial charge in [0, 0.05) is 43.5 Å². The second-order valence-corrected chi connectivity index (χ2v) is 8.68. The number of halogens is 1. The van der Waals surface area contributed by atoms with Gasteiger partial charge in [0.1, 0.15) is 5.60 Å². The van der Waals surface area contributed by atoms with Gasteiger partial charge in [-0.2, -0.15) is 5.10 Å². The Morgan fingerprint density at radius 2 is 2.07 bits per heavy atom. The third-order valence-corrected chi connectivity index (χ3v) is 4.85. The Bertz CT molecular complexity index is 888. The molecule has 8 nitrogen and oxygen atoms in total. The van der Waals surface area contributed by atoms with Crippen LogP contribution in [0.4, 0.5) is 4.79 Å². The van der Waals surface area contributed by atoms with Crippen molar-refractivity contribution in [2.24, 2.45) is 4.99 Å². The number of nitrogens with zero attached hydrogens (tertiary/aromatic N) is 4. The number of guanidine groups is 1. The van der Waals surface area contributed by atoms with Crippen molar-refractivity contribution in [2.45, 2.75) is 45.4 Å². The molecule has 1 aliphatic rings. The Hall–Kier alpha value is -2.74. The number of rotatable bonds is 4. The number of aromatic nitrogens is 2. The summed E-state index contributed by atoms with van der Waals surface area (Å²) in [5.74, 6) is 0.794. The van der Waals surface area contributed by atoms with E-state index in [9.17, 15) is 4.79 Å². The molecule has 162 valence electrons. The van der Waals surface area contributed by atoms with Crippen molar-refractivity contribution in [2.75, 3.05) is 20.1 Å². The molecule has 30 heavy (non-hydrogen) atoms. The van der Waals surface area contributed by atoms with Crippen LogP contribution < -0.4 is 10.6 Å². The van der Waals surface area contributed by atoms with Gasteiger partial charge >= 0.3 is 6.09 Å². The predicted octanol–water partition coefficient (Wildman–Crippen LogP) is 3.20. The molecule has 0 spiro atoms. The van der Waals surface area contributed by atoms with E-state index in [-0.39, 0.29) is 12.1 Å². The van der Waals surface area contributed by atoms with Crippen LogP contribution in [0.15, 0.2) is 41.7 Å². The molecule has 1 aromatic carbocycles.